The molecule has 0 bridgehead atoms. The molecule has 1 aliphatic carbocycles. The van der Waals surface area contributed by atoms with Crippen LogP contribution in [0.2, 0.25) is 0 Å². The molecule has 6 nitrogen and oxygen atoms in total. The van der Waals surface area contributed by atoms with E-state index in [1.807, 2.05) is 83.8 Å². The smallest absolute Gasteiger partial charge is 0.226 e. The van der Waals surface area contributed by atoms with E-state index in [4.69, 9.17) is 0 Å². The molecule has 266 valence electrons. The Hall–Kier alpha value is -5.04. The third-order valence-corrected chi connectivity index (χ3v) is 10.9. The van der Waals surface area contributed by atoms with Crippen molar-refractivity contribution < 1.29 is 19.8 Å². The van der Waals surface area contributed by atoms with Crippen LogP contribution >= 0.6 is 0 Å². The van der Waals surface area contributed by atoms with Crippen LogP contribution in [0.5, 0.6) is 0 Å². The maximum absolute atomic E-state index is 14.2. The number of hydrogen-bond donors (Lipinski definition) is 3. The molecule has 0 unspecified atom stereocenters. The number of nitrogens with one attached hydrogen (secondary N) is 1. The molecule has 6 heteroatoms. The van der Waals surface area contributed by atoms with Crippen molar-refractivity contribution in [1.29, 1.82) is 0 Å². The SMILES string of the molecule is O=C(N[C@H]1c2ccccc2C[C@H]1O)[C@H](Cc1ccc(Cc2ccccc2)cc1)C[C@H](O)CN1C(=O)[C@@H](Cc2ccccc2)C[C@@H]1Cc1ccccc1. The van der Waals surface area contributed by atoms with Gasteiger partial charge in [0, 0.05) is 30.8 Å². The third kappa shape index (κ3) is 8.70. The standard InChI is InChI=1S/C46H48N2O4/c49-41(31-48-40(27-34-16-8-3-9-17-34)28-39(46(48)52)26-33-14-6-2-7-15-33)29-38(45(51)47-44-42-19-11-10-18-37(42)30-43(44)50)25-36-22-20-35(21-23-36)24-32-12-4-1-5-13-32/h1-23,38-41,43-44,49-50H,24-31H2,(H,47,51)/t38-,39+,40+,41+,43-,44+/m1/s1. The number of aliphatic hydroxyl groups excluding tert-OH is 2. The van der Waals surface area contributed by atoms with E-state index >= 15 is 0 Å². The van der Waals surface area contributed by atoms with Crippen molar-refractivity contribution in [1.82, 2.24) is 10.2 Å². The van der Waals surface area contributed by atoms with Crippen molar-refractivity contribution in [2.24, 2.45) is 11.8 Å². The lowest BCUT2D eigenvalue weighted by Crippen LogP contribution is -2.43. The van der Waals surface area contributed by atoms with E-state index in [1.165, 1.54) is 11.1 Å². The lowest BCUT2D eigenvalue weighted by atomic mass is 9.91. The zero-order valence-electron chi connectivity index (χ0n) is 29.6. The number of likely N-dealkylation sites (tertiary alicyclic amines) is 1. The molecular formula is C46H48N2O4. The first-order valence-corrected chi connectivity index (χ1v) is 18.6. The minimum absolute atomic E-state index is 0.0483. The molecule has 6 atom stereocenters. The number of carbonyl (C=O) groups excluding carboxylic acids is 2. The second-order valence-electron chi connectivity index (χ2n) is 14.7. The normalized spacial score (nSPS) is 20.7. The van der Waals surface area contributed by atoms with Gasteiger partial charge in [0.05, 0.1) is 18.2 Å². The van der Waals surface area contributed by atoms with Gasteiger partial charge in [-0.25, -0.2) is 0 Å². The number of aliphatic hydroxyl groups is 2. The van der Waals surface area contributed by atoms with Gasteiger partial charge in [-0.3, -0.25) is 9.59 Å². The number of fused-ring (bicyclic) bond motifs is 1. The highest BCUT2D eigenvalue weighted by Crippen LogP contribution is 2.33. The molecule has 0 saturated carbocycles. The summed E-state index contributed by atoms with van der Waals surface area (Å²) in [4.78, 5) is 30.0. The van der Waals surface area contributed by atoms with Crippen molar-refractivity contribution in [2.75, 3.05) is 6.54 Å². The Morgan fingerprint density at radius 3 is 1.94 bits per heavy atom. The highest BCUT2D eigenvalue weighted by molar-refractivity contribution is 5.82. The Balaban J connectivity index is 1.09. The molecule has 7 rings (SSSR count). The van der Waals surface area contributed by atoms with Gasteiger partial charge in [0.25, 0.3) is 0 Å². The Morgan fingerprint density at radius 1 is 0.712 bits per heavy atom. The van der Waals surface area contributed by atoms with Gasteiger partial charge in [0.2, 0.25) is 11.8 Å². The first-order chi connectivity index (χ1) is 25.4. The second-order valence-corrected chi connectivity index (χ2v) is 14.7. The molecule has 1 fully saturated rings. The lowest BCUT2D eigenvalue weighted by molar-refractivity contribution is -0.133. The van der Waals surface area contributed by atoms with E-state index in [-0.39, 0.29) is 36.7 Å². The molecule has 52 heavy (non-hydrogen) atoms. The second kappa shape index (κ2) is 16.5. The highest BCUT2D eigenvalue weighted by Gasteiger charge is 2.41. The fraction of sp³-hybridized carbons (Fsp3) is 0.304. The van der Waals surface area contributed by atoms with E-state index in [0.29, 0.717) is 32.1 Å². The fourth-order valence-corrected chi connectivity index (χ4v) is 8.20. The van der Waals surface area contributed by atoms with Crippen LogP contribution in [-0.4, -0.2) is 51.7 Å². The summed E-state index contributed by atoms with van der Waals surface area (Å²) in [6.07, 6.45) is 2.39. The number of β-amino-alcohol motifs (C(OH)–C–C–N with tert-alkyl or cyclic N) is 1. The van der Waals surface area contributed by atoms with E-state index in [0.717, 1.165) is 34.2 Å². The minimum atomic E-state index is -0.911. The number of benzene rings is 5. The molecule has 5 aromatic rings. The predicted octanol–water partition coefficient (Wildman–Crippen LogP) is 6.66. The number of nitrogens with zero attached hydrogens (tertiary/aromatic N) is 1. The summed E-state index contributed by atoms with van der Waals surface area (Å²) >= 11 is 0. The first-order valence-electron chi connectivity index (χ1n) is 18.6. The Morgan fingerprint density at radius 2 is 1.27 bits per heavy atom. The summed E-state index contributed by atoms with van der Waals surface area (Å²) in [7, 11) is 0. The maximum Gasteiger partial charge on any atom is 0.226 e. The highest BCUT2D eigenvalue weighted by atomic mass is 16.3. The van der Waals surface area contributed by atoms with Gasteiger partial charge >= 0.3 is 0 Å². The van der Waals surface area contributed by atoms with E-state index in [9.17, 15) is 19.8 Å². The number of hydrogen-bond acceptors (Lipinski definition) is 4. The van der Waals surface area contributed by atoms with Crippen LogP contribution in [0.15, 0.2) is 140 Å². The van der Waals surface area contributed by atoms with Gasteiger partial charge in [-0.05, 0) is 77.5 Å². The van der Waals surface area contributed by atoms with Crippen LogP contribution in [0.25, 0.3) is 0 Å². The van der Waals surface area contributed by atoms with Crippen molar-refractivity contribution in [2.45, 2.75) is 69.2 Å². The Bertz CT molecular complexity index is 1920. The average Bonchev–Trinajstić information content (AvgIpc) is 3.63. The molecule has 0 spiro atoms. The number of carbonyl (C=O) groups is 2. The van der Waals surface area contributed by atoms with Gasteiger partial charge in [0.15, 0.2) is 0 Å². The van der Waals surface area contributed by atoms with Crippen LogP contribution in [0.4, 0.5) is 0 Å². The van der Waals surface area contributed by atoms with Crippen molar-refractivity contribution in [3.05, 3.63) is 178 Å². The van der Waals surface area contributed by atoms with Gasteiger partial charge in [-0.15, -0.1) is 0 Å². The maximum atomic E-state index is 14.2. The summed E-state index contributed by atoms with van der Waals surface area (Å²) in [5, 5.41) is 25.8. The summed E-state index contributed by atoms with van der Waals surface area (Å²) < 4.78 is 0. The molecule has 1 aliphatic heterocycles. The lowest BCUT2D eigenvalue weighted by Gasteiger charge is -2.29. The largest absolute Gasteiger partial charge is 0.391 e. The van der Waals surface area contributed by atoms with E-state index in [1.54, 1.807) is 0 Å². The topological polar surface area (TPSA) is 89.9 Å². The molecule has 2 aliphatic rings. The summed E-state index contributed by atoms with van der Waals surface area (Å²) in [6, 6.07) is 46.3. The Labute approximate surface area is 307 Å². The van der Waals surface area contributed by atoms with Crippen LogP contribution < -0.4 is 5.32 Å². The van der Waals surface area contributed by atoms with Crippen LogP contribution in [0.1, 0.15) is 57.8 Å². The fourth-order valence-electron chi connectivity index (χ4n) is 8.20. The summed E-state index contributed by atoms with van der Waals surface area (Å²) in [5.74, 6) is -0.880. The zero-order chi connectivity index (χ0) is 35.9. The Kier molecular flexibility index (Phi) is 11.2. The molecule has 3 N–H and O–H groups in total. The quantitative estimate of drug-likeness (QED) is 0.121. The van der Waals surface area contributed by atoms with E-state index < -0.39 is 24.2 Å². The number of amides is 2. The zero-order valence-corrected chi connectivity index (χ0v) is 29.6. The van der Waals surface area contributed by atoms with Crippen LogP contribution in [0, 0.1) is 11.8 Å². The van der Waals surface area contributed by atoms with E-state index in [2.05, 4.69) is 66.0 Å². The molecule has 0 aromatic heterocycles. The molecular weight excluding hydrogens is 645 g/mol. The van der Waals surface area contributed by atoms with Gasteiger partial charge in [-0.1, -0.05) is 140 Å². The van der Waals surface area contributed by atoms with Crippen LogP contribution in [0.3, 0.4) is 0 Å². The van der Waals surface area contributed by atoms with Crippen molar-refractivity contribution in [3.63, 3.8) is 0 Å². The van der Waals surface area contributed by atoms with Gasteiger partial charge in [-0.2, -0.15) is 0 Å². The van der Waals surface area contributed by atoms with Gasteiger partial charge in [0.1, 0.15) is 0 Å². The minimum Gasteiger partial charge on any atom is -0.391 e. The molecule has 5 aromatic carbocycles. The first kappa shape index (κ1) is 35.4. The summed E-state index contributed by atoms with van der Waals surface area (Å²) in [5.41, 5.74) is 7.67. The molecule has 1 heterocycles. The molecule has 1 saturated heterocycles. The monoisotopic (exact) mass is 692 g/mol. The summed E-state index contributed by atoms with van der Waals surface area (Å²) in [6.45, 7) is 0.163. The molecule has 0 radical (unpaired) electrons. The number of rotatable bonds is 14. The molecule has 2 amide bonds. The van der Waals surface area contributed by atoms with Crippen molar-refractivity contribution >= 4 is 11.8 Å². The average molecular weight is 693 g/mol. The van der Waals surface area contributed by atoms with Crippen LogP contribution in [-0.2, 0) is 41.7 Å². The van der Waals surface area contributed by atoms with Gasteiger partial charge < -0.3 is 20.4 Å². The predicted molar refractivity (Wildman–Crippen MR) is 204 cm³/mol. The van der Waals surface area contributed by atoms with Crippen molar-refractivity contribution in [3.8, 4) is 0 Å². The third-order valence-electron chi connectivity index (χ3n) is 10.9.